The third kappa shape index (κ3) is 2.00. The number of anilines is 1. The molecule has 2 aromatic heterocycles. The summed E-state index contributed by atoms with van der Waals surface area (Å²) in [5.41, 5.74) is -0.464. The number of rotatable bonds is 2. The summed E-state index contributed by atoms with van der Waals surface area (Å²) in [5.74, 6) is 0.626. The molecule has 1 aliphatic carbocycles. The number of H-pyrrole nitrogens is 1. The SMILES string of the molecule is Cn1c(NC2CCC(=O)NC23CCC3)nc2c1c(=O)[nH]c(=O)n2C. The van der Waals surface area contributed by atoms with Crippen LogP contribution in [0.5, 0.6) is 0 Å². The monoisotopic (exact) mass is 332 g/mol. The van der Waals surface area contributed by atoms with Crippen molar-refractivity contribution < 1.29 is 4.79 Å². The van der Waals surface area contributed by atoms with Gasteiger partial charge in [-0.2, -0.15) is 4.98 Å². The first-order valence-electron chi connectivity index (χ1n) is 8.14. The van der Waals surface area contributed by atoms with Crippen LogP contribution in [0.3, 0.4) is 0 Å². The first kappa shape index (κ1) is 15.0. The van der Waals surface area contributed by atoms with E-state index >= 15 is 0 Å². The van der Waals surface area contributed by atoms with E-state index in [2.05, 4.69) is 20.6 Å². The summed E-state index contributed by atoms with van der Waals surface area (Å²) in [6.07, 6.45) is 4.18. The van der Waals surface area contributed by atoms with E-state index in [4.69, 9.17) is 0 Å². The molecule has 3 N–H and O–H groups in total. The second-order valence-electron chi connectivity index (χ2n) is 6.78. The van der Waals surface area contributed by atoms with Crippen molar-refractivity contribution in [2.45, 2.75) is 43.7 Å². The molecule has 24 heavy (non-hydrogen) atoms. The highest BCUT2D eigenvalue weighted by atomic mass is 16.2. The lowest BCUT2D eigenvalue weighted by Gasteiger charge is -2.51. The number of amides is 1. The van der Waals surface area contributed by atoms with Gasteiger partial charge < -0.3 is 15.2 Å². The Morgan fingerprint density at radius 2 is 1.96 bits per heavy atom. The maximum Gasteiger partial charge on any atom is 0.329 e. The number of hydrogen-bond acceptors (Lipinski definition) is 5. The average molecular weight is 332 g/mol. The summed E-state index contributed by atoms with van der Waals surface area (Å²) in [6, 6.07) is 0.0653. The third-order valence-electron chi connectivity index (χ3n) is 5.40. The lowest BCUT2D eigenvalue weighted by molar-refractivity contribution is -0.127. The molecule has 9 nitrogen and oxygen atoms in total. The van der Waals surface area contributed by atoms with E-state index in [0.29, 0.717) is 23.5 Å². The van der Waals surface area contributed by atoms with Gasteiger partial charge in [0.25, 0.3) is 5.56 Å². The van der Waals surface area contributed by atoms with Gasteiger partial charge in [-0.05, 0) is 25.7 Å². The van der Waals surface area contributed by atoms with Crippen LogP contribution >= 0.6 is 0 Å². The summed E-state index contributed by atoms with van der Waals surface area (Å²) in [5, 5.41) is 6.52. The quantitative estimate of drug-likeness (QED) is 0.691. The lowest BCUT2D eigenvalue weighted by Crippen LogP contribution is -2.66. The van der Waals surface area contributed by atoms with Crippen molar-refractivity contribution in [1.29, 1.82) is 0 Å². The Kier molecular flexibility index (Phi) is 3.09. The van der Waals surface area contributed by atoms with E-state index in [0.717, 1.165) is 25.7 Å². The molecule has 0 aromatic carbocycles. The fourth-order valence-corrected chi connectivity index (χ4v) is 3.81. The zero-order valence-corrected chi connectivity index (χ0v) is 13.7. The van der Waals surface area contributed by atoms with Crippen LogP contribution in [-0.2, 0) is 18.9 Å². The maximum absolute atomic E-state index is 12.1. The van der Waals surface area contributed by atoms with Crippen LogP contribution < -0.4 is 21.9 Å². The van der Waals surface area contributed by atoms with Gasteiger partial charge in [0.05, 0.1) is 11.6 Å². The van der Waals surface area contributed by atoms with Crippen LogP contribution in [0.2, 0.25) is 0 Å². The van der Waals surface area contributed by atoms with E-state index in [1.54, 1.807) is 18.7 Å². The number of imidazole rings is 1. The van der Waals surface area contributed by atoms with E-state index in [-0.39, 0.29) is 17.5 Å². The van der Waals surface area contributed by atoms with E-state index in [9.17, 15) is 14.4 Å². The van der Waals surface area contributed by atoms with Gasteiger partial charge in [0.15, 0.2) is 11.2 Å². The number of aryl methyl sites for hydroxylation is 2. The number of carbonyl (C=O) groups is 1. The predicted molar refractivity (Wildman–Crippen MR) is 87.9 cm³/mol. The Balaban J connectivity index is 1.75. The highest BCUT2D eigenvalue weighted by molar-refractivity contribution is 5.79. The molecular formula is C15H20N6O3. The highest BCUT2D eigenvalue weighted by Gasteiger charge is 2.48. The van der Waals surface area contributed by atoms with Crippen LogP contribution in [0.4, 0.5) is 5.95 Å². The molecule has 1 atom stereocenters. The van der Waals surface area contributed by atoms with Gasteiger partial charge in [-0.1, -0.05) is 0 Å². The summed E-state index contributed by atoms with van der Waals surface area (Å²) in [7, 11) is 3.32. The molecule has 1 amide bonds. The van der Waals surface area contributed by atoms with Crippen LogP contribution in [-0.4, -0.2) is 36.6 Å². The number of aromatic nitrogens is 4. The molecule has 0 radical (unpaired) electrons. The van der Waals surface area contributed by atoms with Crippen molar-refractivity contribution in [3.8, 4) is 0 Å². The molecule has 1 saturated carbocycles. The molecule has 1 spiro atoms. The number of piperidine rings is 1. The van der Waals surface area contributed by atoms with E-state index in [1.165, 1.54) is 4.57 Å². The van der Waals surface area contributed by atoms with Crippen LogP contribution in [0.15, 0.2) is 9.59 Å². The predicted octanol–water partition coefficient (Wildman–Crippen LogP) is -0.426. The zero-order valence-electron chi connectivity index (χ0n) is 13.7. The van der Waals surface area contributed by atoms with Gasteiger partial charge in [0.2, 0.25) is 11.9 Å². The minimum Gasteiger partial charge on any atom is -0.350 e. The number of nitrogens with one attached hydrogen (secondary N) is 3. The number of aromatic amines is 1. The fraction of sp³-hybridized carbons (Fsp3) is 0.600. The molecule has 0 bridgehead atoms. The zero-order chi connectivity index (χ0) is 17.1. The molecule has 2 aromatic rings. The molecule has 1 saturated heterocycles. The minimum absolute atomic E-state index is 0.0653. The van der Waals surface area contributed by atoms with Crippen LogP contribution in [0, 0.1) is 0 Å². The fourth-order valence-electron chi connectivity index (χ4n) is 3.81. The number of nitrogens with zero attached hydrogens (tertiary/aromatic N) is 3. The number of fused-ring (bicyclic) bond motifs is 1. The summed E-state index contributed by atoms with van der Waals surface area (Å²) in [4.78, 5) is 42.4. The van der Waals surface area contributed by atoms with Crippen molar-refractivity contribution in [3.05, 3.63) is 20.8 Å². The Morgan fingerprint density at radius 3 is 2.62 bits per heavy atom. The Bertz CT molecular complexity index is 948. The van der Waals surface area contributed by atoms with E-state index < -0.39 is 11.2 Å². The molecule has 4 rings (SSSR count). The third-order valence-corrected chi connectivity index (χ3v) is 5.40. The maximum atomic E-state index is 12.1. The molecule has 3 heterocycles. The topological polar surface area (TPSA) is 114 Å². The Hall–Kier alpha value is -2.58. The smallest absolute Gasteiger partial charge is 0.329 e. The summed E-state index contributed by atoms with van der Waals surface area (Å²) >= 11 is 0. The van der Waals surface area contributed by atoms with Crippen molar-refractivity contribution in [1.82, 2.24) is 24.4 Å². The molecule has 1 aliphatic heterocycles. The van der Waals surface area contributed by atoms with Gasteiger partial charge in [-0.3, -0.25) is 19.1 Å². The van der Waals surface area contributed by atoms with Crippen molar-refractivity contribution in [2.24, 2.45) is 14.1 Å². The normalized spacial score (nSPS) is 22.4. The first-order valence-corrected chi connectivity index (χ1v) is 8.14. The average Bonchev–Trinajstić information content (AvgIpc) is 2.83. The Morgan fingerprint density at radius 1 is 1.21 bits per heavy atom. The van der Waals surface area contributed by atoms with Gasteiger partial charge in [0.1, 0.15) is 0 Å². The van der Waals surface area contributed by atoms with Gasteiger partial charge in [-0.15, -0.1) is 0 Å². The van der Waals surface area contributed by atoms with Gasteiger partial charge >= 0.3 is 5.69 Å². The van der Waals surface area contributed by atoms with Crippen LogP contribution in [0.1, 0.15) is 32.1 Å². The molecule has 128 valence electrons. The van der Waals surface area contributed by atoms with E-state index in [1.807, 2.05) is 0 Å². The largest absolute Gasteiger partial charge is 0.350 e. The standard InChI is InChI=1S/C15H20N6O3/c1-20-10-11(21(2)14(24)18-12(10)23)17-13(20)16-8-4-5-9(22)19-15(8)6-3-7-15/h8H,3-7H2,1-2H3,(H,16,17)(H,19,22)(H,18,23,24). The summed E-state index contributed by atoms with van der Waals surface area (Å²) < 4.78 is 2.99. The van der Waals surface area contributed by atoms with Crippen molar-refractivity contribution >= 4 is 23.0 Å². The second-order valence-corrected chi connectivity index (χ2v) is 6.78. The minimum atomic E-state index is -0.488. The lowest BCUT2D eigenvalue weighted by atomic mass is 9.68. The summed E-state index contributed by atoms with van der Waals surface area (Å²) in [6.45, 7) is 0. The molecule has 9 heteroatoms. The molecule has 2 aliphatic rings. The highest BCUT2D eigenvalue weighted by Crippen LogP contribution is 2.40. The number of carbonyl (C=O) groups excluding carboxylic acids is 1. The molecule has 2 fully saturated rings. The van der Waals surface area contributed by atoms with Gasteiger partial charge in [-0.25, -0.2) is 4.79 Å². The first-order chi connectivity index (χ1) is 11.4. The van der Waals surface area contributed by atoms with Gasteiger partial charge in [0, 0.05) is 20.5 Å². The van der Waals surface area contributed by atoms with Crippen LogP contribution in [0.25, 0.3) is 11.2 Å². The van der Waals surface area contributed by atoms with Crippen molar-refractivity contribution in [3.63, 3.8) is 0 Å². The molecular weight excluding hydrogens is 312 g/mol. The molecule has 1 unspecified atom stereocenters. The number of hydrogen-bond donors (Lipinski definition) is 3. The Labute approximate surface area is 137 Å². The second kappa shape index (κ2) is 4.96. The van der Waals surface area contributed by atoms with Crippen molar-refractivity contribution in [2.75, 3.05) is 5.32 Å².